The van der Waals surface area contributed by atoms with E-state index >= 15 is 0 Å². The number of carbonyl (C=O) groups excluding carboxylic acids is 1. The number of ether oxygens (including phenoxy) is 2. The number of carbonyl (C=O) groups is 1. The van der Waals surface area contributed by atoms with E-state index in [-0.39, 0.29) is 30.8 Å². The van der Waals surface area contributed by atoms with E-state index in [4.69, 9.17) is 9.84 Å². The number of nitrogens with zero attached hydrogens (tertiary/aromatic N) is 1. The topological polar surface area (TPSA) is 59.0 Å². The second-order valence-corrected chi connectivity index (χ2v) is 4.33. The van der Waals surface area contributed by atoms with Crippen LogP contribution in [-0.2, 0) is 14.3 Å². The molecular formula is C11H21NO4. The summed E-state index contributed by atoms with van der Waals surface area (Å²) in [6.07, 6.45) is 0.316. The predicted molar refractivity (Wildman–Crippen MR) is 59.1 cm³/mol. The third-order valence-corrected chi connectivity index (χ3v) is 2.87. The largest absolute Gasteiger partial charge is 0.469 e. The lowest BCUT2D eigenvalue weighted by atomic mass is 10.1. The summed E-state index contributed by atoms with van der Waals surface area (Å²) in [6.45, 7) is 5.43. The minimum Gasteiger partial charge on any atom is -0.469 e. The number of morpholine rings is 1. The quantitative estimate of drug-likeness (QED) is 0.691. The molecule has 0 saturated carbocycles. The monoisotopic (exact) mass is 231 g/mol. The molecule has 3 unspecified atom stereocenters. The zero-order valence-corrected chi connectivity index (χ0v) is 10.2. The summed E-state index contributed by atoms with van der Waals surface area (Å²) in [7, 11) is 1.40. The third kappa shape index (κ3) is 3.73. The standard InChI is InChI=1S/C11H21NO4/c1-8(4-11(14)15-3)12-5-9(2)16-10(6-12)7-13/h8-10,13H,4-7H2,1-3H3. The molecule has 0 bridgehead atoms. The molecule has 1 heterocycles. The van der Waals surface area contributed by atoms with Gasteiger partial charge in [-0.15, -0.1) is 0 Å². The Morgan fingerprint density at radius 1 is 1.62 bits per heavy atom. The first kappa shape index (κ1) is 13.4. The van der Waals surface area contributed by atoms with E-state index in [1.807, 2.05) is 13.8 Å². The van der Waals surface area contributed by atoms with Gasteiger partial charge in [0.1, 0.15) is 0 Å². The third-order valence-electron chi connectivity index (χ3n) is 2.87. The average Bonchev–Trinajstić information content (AvgIpc) is 2.27. The van der Waals surface area contributed by atoms with E-state index in [2.05, 4.69) is 9.64 Å². The van der Waals surface area contributed by atoms with Gasteiger partial charge in [0.15, 0.2) is 0 Å². The Morgan fingerprint density at radius 2 is 2.31 bits per heavy atom. The molecule has 0 amide bonds. The van der Waals surface area contributed by atoms with Crippen molar-refractivity contribution in [1.29, 1.82) is 0 Å². The molecule has 0 radical (unpaired) electrons. The van der Waals surface area contributed by atoms with Crippen LogP contribution in [0.15, 0.2) is 0 Å². The van der Waals surface area contributed by atoms with Crippen LogP contribution >= 0.6 is 0 Å². The number of methoxy groups -OCH3 is 1. The van der Waals surface area contributed by atoms with Gasteiger partial charge in [-0.3, -0.25) is 9.69 Å². The van der Waals surface area contributed by atoms with E-state index in [1.54, 1.807) is 0 Å². The maximum absolute atomic E-state index is 11.2. The van der Waals surface area contributed by atoms with E-state index in [0.717, 1.165) is 6.54 Å². The Labute approximate surface area is 96.3 Å². The summed E-state index contributed by atoms with van der Waals surface area (Å²) < 4.78 is 10.2. The molecule has 1 aliphatic rings. The predicted octanol–water partition coefficient (Wildman–Crippen LogP) is 0.0196. The highest BCUT2D eigenvalue weighted by Gasteiger charge is 2.28. The molecule has 0 aromatic rings. The smallest absolute Gasteiger partial charge is 0.307 e. The summed E-state index contributed by atoms with van der Waals surface area (Å²) in [5, 5.41) is 9.09. The number of hydrogen-bond donors (Lipinski definition) is 1. The van der Waals surface area contributed by atoms with Gasteiger partial charge in [-0.2, -0.15) is 0 Å². The molecule has 1 N–H and O–H groups in total. The van der Waals surface area contributed by atoms with Crippen LogP contribution in [0.25, 0.3) is 0 Å². The highest BCUT2D eigenvalue weighted by atomic mass is 16.5. The van der Waals surface area contributed by atoms with Crippen molar-refractivity contribution in [3.8, 4) is 0 Å². The highest BCUT2D eigenvalue weighted by Crippen LogP contribution is 2.15. The van der Waals surface area contributed by atoms with E-state index in [1.165, 1.54) is 7.11 Å². The summed E-state index contributed by atoms with van der Waals surface area (Å²) >= 11 is 0. The van der Waals surface area contributed by atoms with Crippen LogP contribution in [0.2, 0.25) is 0 Å². The molecule has 1 saturated heterocycles. The van der Waals surface area contributed by atoms with Crippen molar-refractivity contribution < 1.29 is 19.4 Å². The maximum Gasteiger partial charge on any atom is 0.307 e. The molecule has 0 aromatic carbocycles. The van der Waals surface area contributed by atoms with Gasteiger partial charge in [0.25, 0.3) is 0 Å². The number of aliphatic hydroxyl groups is 1. The molecule has 5 heteroatoms. The molecule has 5 nitrogen and oxygen atoms in total. The summed E-state index contributed by atoms with van der Waals surface area (Å²) in [5.41, 5.74) is 0. The maximum atomic E-state index is 11.2. The fourth-order valence-corrected chi connectivity index (χ4v) is 2.00. The van der Waals surface area contributed by atoms with Gasteiger partial charge in [-0.05, 0) is 13.8 Å². The van der Waals surface area contributed by atoms with Gasteiger partial charge in [-0.25, -0.2) is 0 Å². The SMILES string of the molecule is COC(=O)CC(C)N1CC(C)OC(CO)C1. The van der Waals surface area contributed by atoms with Crippen LogP contribution < -0.4 is 0 Å². The van der Waals surface area contributed by atoms with Gasteiger partial charge in [0.2, 0.25) is 0 Å². The van der Waals surface area contributed by atoms with Crippen molar-refractivity contribution in [2.24, 2.45) is 0 Å². The Balaban J connectivity index is 2.48. The Kier molecular flexibility index (Phi) is 5.18. The van der Waals surface area contributed by atoms with Crippen molar-refractivity contribution >= 4 is 5.97 Å². The van der Waals surface area contributed by atoms with Crippen molar-refractivity contribution in [1.82, 2.24) is 4.90 Å². The summed E-state index contributed by atoms with van der Waals surface area (Å²) in [5.74, 6) is -0.202. The van der Waals surface area contributed by atoms with Gasteiger partial charge in [-0.1, -0.05) is 0 Å². The molecule has 0 aromatic heterocycles. The first-order valence-corrected chi connectivity index (χ1v) is 5.64. The fraction of sp³-hybridized carbons (Fsp3) is 0.909. The molecule has 94 valence electrons. The molecule has 16 heavy (non-hydrogen) atoms. The molecule has 1 aliphatic heterocycles. The van der Waals surface area contributed by atoms with Crippen molar-refractivity contribution in [3.63, 3.8) is 0 Å². The van der Waals surface area contributed by atoms with Crippen LogP contribution in [0.4, 0.5) is 0 Å². The van der Waals surface area contributed by atoms with E-state index < -0.39 is 0 Å². The zero-order chi connectivity index (χ0) is 12.1. The van der Waals surface area contributed by atoms with Gasteiger partial charge < -0.3 is 14.6 Å². The first-order chi connectivity index (χ1) is 7.56. The van der Waals surface area contributed by atoms with Crippen molar-refractivity contribution in [3.05, 3.63) is 0 Å². The van der Waals surface area contributed by atoms with Crippen LogP contribution in [0.1, 0.15) is 20.3 Å². The van der Waals surface area contributed by atoms with Crippen LogP contribution in [0, 0.1) is 0 Å². The number of hydrogen-bond acceptors (Lipinski definition) is 5. The van der Waals surface area contributed by atoms with Crippen LogP contribution in [0.3, 0.4) is 0 Å². The van der Waals surface area contributed by atoms with Gasteiger partial charge in [0.05, 0.1) is 32.3 Å². The van der Waals surface area contributed by atoms with Crippen molar-refractivity contribution in [2.75, 3.05) is 26.8 Å². The minimum absolute atomic E-state index is 0.0196. The zero-order valence-electron chi connectivity index (χ0n) is 10.2. The Bertz CT molecular complexity index is 234. The Hall–Kier alpha value is -0.650. The first-order valence-electron chi connectivity index (χ1n) is 5.64. The fourth-order valence-electron chi connectivity index (χ4n) is 2.00. The second kappa shape index (κ2) is 6.18. The lowest BCUT2D eigenvalue weighted by Crippen LogP contribution is -2.51. The van der Waals surface area contributed by atoms with Gasteiger partial charge >= 0.3 is 5.97 Å². The molecule has 1 rings (SSSR count). The van der Waals surface area contributed by atoms with Gasteiger partial charge in [0, 0.05) is 19.1 Å². The van der Waals surface area contributed by atoms with E-state index in [9.17, 15) is 4.79 Å². The Morgan fingerprint density at radius 3 is 2.88 bits per heavy atom. The van der Waals surface area contributed by atoms with Crippen molar-refractivity contribution in [2.45, 2.75) is 38.5 Å². The lowest BCUT2D eigenvalue weighted by molar-refractivity contribution is -0.144. The molecule has 3 atom stereocenters. The molecule has 0 aliphatic carbocycles. The summed E-state index contributed by atoms with van der Waals surface area (Å²) in [6, 6.07) is 0.118. The minimum atomic E-state index is -0.202. The van der Waals surface area contributed by atoms with E-state index in [0.29, 0.717) is 13.0 Å². The normalized spacial score (nSPS) is 28.8. The number of esters is 1. The number of aliphatic hydroxyl groups excluding tert-OH is 1. The number of rotatable bonds is 4. The van der Waals surface area contributed by atoms with Crippen LogP contribution in [0.5, 0.6) is 0 Å². The van der Waals surface area contributed by atoms with Crippen LogP contribution in [-0.4, -0.2) is 61.0 Å². The molecular weight excluding hydrogens is 210 g/mol. The average molecular weight is 231 g/mol. The highest BCUT2D eigenvalue weighted by molar-refractivity contribution is 5.69. The lowest BCUT2D eigenvalue weighted by Gasteiger charge is -2.39. The second-order valence-electron chi connectivity index (χ2n) is 4.33. The molecule has 0 spiro atoms. The summed E-state index contributed by atoms with van der Waals surface area (Å²) in [4.78, 5) is 13.3. The molecule has 1 fully saturated rings.